The number of aromatic carboxylic acids is 4. The summed E-state index contributed by atoms with van der Waals surface area (Å²) in [5.74, 6) is -5.08. The zero-order chi connectivity index (χ0) is 19.8. The van der Waals surface area contributed by atoms with E-state index >= 15 is 0 Å². The van der Waals surface area contributed by atoms with Gasteiger partial charge in [-0.25, -0.2) is 19.2 Å². The normalized spacial score (nSPS) is 10.7. The first-order valence-corrected chi connectivity index (χ1v) is 10.4. The lowest BCUT2D eigenvalue weighted by Crippen LogP contribution is -2.01. The number of hydrogen-bond donors (Lipinski definition) is 4. The Balaban J connectivity index is 2.44. The molecule has 8 nitrogen and oxygen atoms in total. The summed E-state index contributed by atoms with van der Waals surface area (Å²) in [6, 6.07) is 0. The molecule has 0 saturated carbocycles. The predicted molar refractivity (Wildman–Crippen MR) is 97.7 cm³/mol. The van der Waals surface area contributed by atoms with Crippen LogP contribution in [-0.4, -0.2) is 44.3 Å². The van der Waals surface area contributed by atoms with Crippen molar-refractivity contribution in [1.29, 1.82) is 0 Å². The monoisotopic (exact) mass is 434 g/mol. The first-order chi connectivity index (χ1) is 12.1. The molecule has 0 radical (unpaired) electrons. The number of carbonyl (C=O) groups is 4. The van der Waals surface area contributed by atoms with Gasteiger partial charge in [-0.1, -0.05) is 0 Å². The highest BCUT2D eigenvalue weighted by Gasteiger charge is 2.28. The Morgan fingerprint density at radius 1 is 0.654 bits per heavy atom. The van der Waals surface area contributed by atoms with Crippen molar-refractivity contribution in [2.45, 2.75) is 22.3 Å². The molecule has 138 valence electrons. The molecule has 4 N–H and O–H groups in total. The largest absolute Gasteiger partial charge is 0.478 e. The average molecular weight is 434 g/mol. The van der Waals surface area contributed by atoms with Crippen molar-refractivity contribution in [2.75, 3.05) is 0 Å². The van der Waals surface area contributed by atoms with E-state index in [0.717, 1.165) is 44.3 Å². The van der Waals surface area contributed by atoms with Crippen molar-refractivity contribution >= 4 is 68.1 Å². The van der Waals surface area contributed by atoms with Gasteiger partial charge in [0.2, 0.25) is 0 Å². The van der Waals surface area contributed by atoms with Crippen molar-refractivity contribution < 1.29 is 39.6 Å². The minimum absolute atomic E-state index is 0.113. The van der Waals surface area contributed by atoms with Gasteiger partial charge >= 0.3 is 23.9 Å². The quantitative estimate of drug-likeness (QED) is 0.471. The van der Waals surface area contributed by atoms with Crippen LogP contribution in [0, 0.1) is 13.8 Å². The number of rotatable bonds is 7. The highest BCUT2D eigenvalue weighted by Crippen LogP contribution is 2.48. The van der Waals surface area contributed by atoms with Crippen LogP contribution in [-0.2, 0) is 0 Å². The number of carboxylic acid groups (broad SMARTS) is 4. The molecule has 0 spiro atoms. The Morgan fingerprint density at radius 2 is 0.962 bits per heavy atom. The van der Waals surface area contributed by atoms with Crippen LogP contribution in [0.5, 0.6) is 0 Å². The number of thiophene rings is 2. The van der Waals surface area contributed by atoms with E-state index in [9.17, 15) is 29.4 Å². The molecule has 26 heavy (non-hydrogen) atoms. The molecule has 2 aromatic heterocycles. The van der Waals surface area contributed by atoms with Gasteiger partial charge in [-0.15, -0.1) is 22.7 Å². The van der Waals surface area contributed by atoms with Gasteiger partial charge in [-0.05, 0) is 46.6 Å². The van der Waals surface area contributed by atoms with Crippen LogP contribution in [0.1, 0.15) is 51.2 Å². The lowest BCUT2D eigenvalue weighted by Gasteiger charge is -2.01. The molecule has 0 aromatic carbocycles. The Morgan fingerprint density at radius 3 is 1.19 bits per heavy atom. The number of hydrogen-bond acceptors (Lipinski definition) is 8. The van der Waals surface area contributed by atoms with Crippen LogP contribution in [0.2, 0.25) is 0 Å². The third-order valence-electron chi connectivity index (χ3n) is 3.24. The highest BCUT2D eigenvalue weighted by atomic mass is 33.1. The summed E-state index contributed by atoms with van der Waals surface area (Å²) in [6.45, 7) is 2.78. The first kappa shape index (κ1) is 20.3. The van der Waals surface area contributed by atoms with Gasteiger partial charge < -0.3 is 20.4 Å². The second-order valence-corrected chi connectivity index (χ2v) is 9.53. The topological polar surface area (TPSA) is 149 Å². The van der Waals surface area contributed by atoms with Crippen LogP contribution in [0.25, 0.3) is 0 Å². The summed E-state index contributed by atoms with van der Waals surface area (Å²) in [6.07, 6.45) is 0. The molecule has 0 aliphatic heterocycles. The molecule has 0 amide bonds. The lowest BCUT2D eigenvalue weighted by molar-refractivity contribution is 0.0677. The van der Waals surface area contributed by atoms with Crippen molar-refractivity contribution in [1.82, 2.24) is 0 Å². The lowest BCUT2D eigenvalue weighted by atomic mass is 10.2. The molecule has 0 aliphatic rings. The maximum Gasteiger partial charge on any atom is 0.346 e. The van der Waals surface area contributed by atoms with Crippen LogP contribution in [0.15, 0.2) is 8.42 Å². The van der Waals surface area contributed by atoms with E-state index in [1.807, 2.05) is 0 Å². The predicted octanol–water partition coefficient (Wildman–Crippen LogP) is 4.02. The minimum Gasteiger partial charge on any atom is -0.478 e. The Kier molecular flexibility index (Phi) is 6.01. The summed E-state index contributed by atoms with van der Waals surface area (Å²) < 4.78 is 0.383. The van der Waals surface area contributed by atoms with E-state index in [2.05, 4.69) is 0 Å². The van der Waals surface area contributed by atoms with Gasteiger partial charge in [-0.2, -0.15) is 0 Å². The van der Waals surface area contributed by atoms with E-state index in [4.69, 9.17) is 10.2 Å². The van der Waals surface area contributed by atoms with Crippen LogP contribution < -0.4 is 0 Å². The molecule has 0 saturated heterocycles. The summed E-state index contributed by atoms with van der Waals surface area (Å²) in [5.41, 5.74) is -0.0858. The molecule has 2 heterocycles. The SMILES string of the molecule is Cc1c(C(=O)O)sc(SSc2sc(C(=O)O)c(C)c2C(=O)O)c1C(=O)O. The van der Waals surface area contributed by atoms with Gasteiger partial charge in [-0.3, -0.25) is 0 Å². The first-order valence-electron chi connectivity index (χ1n) is 6.60. The summed E-state index contributed by atoms with van der Waals surface area (Å²) >= 11 is 1.55. The van der Waals surface area contributed by atoms with Gasteiger partial charge in [0.15, 0.2) is 0 Å². The van der Waals surface area contributed by atoms with Gasteiger partial charge in [0, 0.05) is 0 Å². The van der Waals surface area contributed by atoms with Gasteiger partial charge in [0.05, 0.1) is 19.5 Å². The second-order valence-electron chi connectivity index (χ2n) is 4.82. The Bertz CT molecular complexity index is 863. The van der Waals surface area contributed by atoms with E-state index in [1.165, 1.54) is 13.8 Å². The zero-order valence-corrected chi connectivity index (χ0v) is 16.3. The zero-order valence-electron chi connectivity index (χ0n) is 13.1. The van der Waals surface area contributed by atoms with Crippen molar-refractivity contribution in [2.24, 2.45) is 0 Å². The summed E-state index contributed by atoms with van der Waals surface area (Å²) in [4.78, 5) is 45.1. The molecule has 12 heteroatoms. The van der Waals surface area contributed by atoms with E-state index in [0.29, 0.717) is 0 Å². The van der Waals surface area contributed by atoms with E-state index in [1.54, 1.807) is 0 Å². The Labute approximate surface area is 161 Å². The molecule has 0 fully saturated rings. The van der Waals surface area contributed by atoms with Crippen LogP contribution in [0.3, 0.4) is 0 Å². The highest BCUT2D eigenvalue weighted by molar-refractivity contribution is 8.77. The molecule has 0 bridgehead atoms. The summed E-state index contributed by atoms with van der Waals surface area (Å²) in [5, 5.41) is 36.9. The molecule has 0 unspecified atom stereocenters. The average Bonchev–Trinajstić information content (AvgIpc) is 3.02. The van der Waals surface area contributed by atoms with Crippen molar-refractivity contribution in [3.05, 3.63) is 32.0 Å². The van der Waals surface area contributed by atoms with Crippen molar-refractivity contribution in [3.8, 4) is 0 Å². The fourth-order valence-electron chi connectivity index (χ4n) is 2.07. The second kappa shape index (κ2) is 7.70. The molecule has 0 aliphatic carbocycles. The standard InChI is InChI=1S/C14H10O8S4/c1-3-5(9(15)16)13(23-7(3)11(19)20)25-26-14-6(10(17)18)4(2)8(24-14)12(21)22/h1-2H3,(H,15,16)(H,17,18)(H,19,20)(H,21,22). The molecular formula is C14H10O8S4. The third kappa shape index (κ3) is 3.72. The van der Waals surface area contributed by atoms with Crippen LogP contribution in [0.4, 0.5) is 0 Å². The number of carboxylic acids is 4. The maximum absolute atomic E-state index is 11.4. The molecule has 0 atom stereocenters. The molecule has 2 rings (SSSR count). The van der Waals surface area contributed by atoms with Gasteiger partial charge in [0.1, 0.15) is 9.75 Å². The Hall–Kier alpha value is -2.02. The maximum atomic E-state index is 11.4. The summed E-state index contributed by atoms with van der Waals surface area (Å²) in [7, 11) is 1.78. The smallest absolute Gasteiger partial charge is 0.346 e. The third-order valence-corrected chi connectivity index (χ3v) is 9.06. The molecular weight excluding hydrogens is 424 g/mol. The van der Waals surface area contributed by atoms with Gasteiger partial charge in [0.25, 0.3) is 0 Å². The fourth-order valence-corrected chi connectivity index (χ4v) is 7.56. The molecule has 2 aromatic rings. The fraction of sp³-hybridized carbons (Fsp3) is 0.143. The minimum atomic E-state index is -1.29. The van der Waals surface area contributed by atoms with Crippen LogP contribution >= 0.6 is 44.3 Å². The van der Waals surface area contributed by atoms with E-state index < -0.39 is 23.9 Å². The van der Waals surface area contributed by atoms with E-state index in [-0.39, 0.29) is 40.4 Å². The van der Waals surface area contributed by atoms with Crippen molar-refractivity contribution in [3.63, 3.8) is 0 Å².